The fraction of sp³-hybridized carbons (Fsp3) is 0.250. The third-order valence-corrected chi connectivity index (χ3v) is 3.51. The molecule has 1 heterocycles. The molecule has 1 aromatic carbocycles. The molecule has 5 nitrogen and oxygen atoms in total. The first kappa shape index (κ1) is 12.8. The lowest BCUT2D eigenvalue weighted by Gasteiger charge is -2.13. The van der Waals surface area contributed by atoms with E-state index in [2.05, 4.69) is 4.98 Å². The molecule has 2 rings (SSSR count). The lowest BCUT2D eigenvalue weighted by atomic mass is 9.94. The molecule has 0 aliphatic heterocycles. The van der Waals surface area contributed by atoms with Crippen molar-refractivity contribution in [2.24, 2.45) is 5.14 Å². The Morgan fingerprint density at radius 1 is 1.28 bits per heavy atom. The summed E-state index contributed by atoms with van der Waals surface area (Å²) in [4.78, 5) is 4.09. The van der Waals surface area contributed by atoms with E-state index in [4.69, 9.17) is 9.56 Å². The molecule has 0 saturated carbocycles. The van der Waals surface area contributed by atoms with Crippen molar-refractivity contribution in [3.8, 4) is 0 Å². The van der Waals surface area contributed by atoms with Crippen LogP contribution in [0.3, 0.4) is 0 Å². The monoisotopic (exact) mass is 266 g/mol. The van der Waals surface area contributed by atoms with E-state index in [0.29, 0.717) is 12.1 Å². The second-order valence-corrected chi connectivity index (χ2v) is 5.77. The smallest absolute Gasteiger partial charge is 0.209 e. The van der Waals surface area contributed by atoms with Crippen LogP contribution in [-0.2, 0) is 10.0 Å². The van der Waals surface area contributed by atoms with E-state index in [0.717, 1.165) is 5.56 Å². The summed E-state index contributed by atoms with van der Waals surface area (Å²) in [5, 5.41) is 5.04. The Kier molecular flexibility index (Phi) is 3.78. The van der Waals surface area contributed by atoms with Crippen molar-refractivity contribution in [1.29, 1.82) is 0 Å². The second kappa shape index (κ2) is 5.32. The van der Waals surface area contributed by atoms with Gasteiger partial charge >= 0.3 is 0 Å². The van der Waals surface area contributed by atoms with Gasteiger partial charge in [-0.3, -0.25) is 0 Å². The number of benzene rings is 1. The highest BCUT2D eigenvalue weighted by Gasteiger charge is 2.18. The van der Waals surface area contributed by atoms with E-state index in [1.54, 1.807) is 0 Å². The molecule has 1 atom stereocenters. The fourth-order valence-electron chi connectivity index (χ4n) is 1.85. The molecule has 0 saturated heterocycles. The minimum atomic E-state index is -3.48. The molecule has 0 bridgehead atoms. The summed E-state index contributed by atoms with van der Waals surface area (Å²) in [5.41, 5.74) is 1.71. The van der Waals surface area contributed by atoms with Crippen LogP contribution in [0.25, 0.3) is 0 Å². The van der Waals surface area contributed by atoms with Crippen molar-refractivity contribution in [1.82, 2.24) is 4.98 Å². The summed E-state index contributed by atoms with van der Waals surface area (Å²) in [7, 11) is -3.48. The lowest BCUT2D eigenvalue weighted by molar-refractivity contribution is 0.554. The number of aromatic nitrogens is 1. The average Bonchev–Trinajstić information content (AvgIpc) is 2.83. The standard InChI is InChI=1S/C12H14N2O3S/c13-18(15,16)7-6-11(12-8-17-9-14-12)10-4-2-1-3-5-10/h1-5,8-9,11H,6-7H2,(H2,13,15,16). The molecule has 0 radical (unpaired) electrons. The third kappa shape index (κ3) is 3.41. The summed E-state index contributed by atoms with van der Waals surface area (Å²) in [6, 6.07) is 9.58. The van der Waals surface area contributed by atoms with Gasteiger partial charge in [0.15, 0.2) is 6.39 Å². The molecular weight excluding hydrogens is 252 g/mol. The highest BCUT2D eigenvalue weighted by atomic mass is 32.2. The molecule has 0 amide bonds. The molecule has 18 heavy (non-hydrogen) atoms. The summed E-state index contributed by atoms with van der Waals surface area (Å²) < 4.78 is 27.1. The maximum Gasteiger partial charge on any atom is 0.209 e. The number of oxazole rings is 1. The summed E-state index contributed by atoms with van der Waals surface area (Å²) in [5.74, 6) is -0.206. The van der Waals surface area contributed by atoms with Gasteiger partial charge in [0, 0.05) is 5.92 Å². The molecular formula is C12H14N2O3S. The topological polar surface area (TPSA) is 86.2 Å². The first-order valence-electron chi connectivity index (χ1n) is 5.50. The normalized spacial score (nSPS) is 13.4. The van der Waals surface area contributed by atoms with Gasteiger partial charge in [-0.25, -0.2) is 18.5 Å². The molecule has 1 aromatic heterocycles. The zero-order valence-electron chi connectivity index (χ0n) is 9.69. The van der Waals surface area contributed by atoms with Crippen LogP contribution in [0.2, 0.25) is 0 Å². The molecule has 0 aliphatic carbocycles. The van der Waals surface area contributed by atoms with Crippen LogP contribution in [0.1, 0.15) is 23.6 Å². The number of hydrogen-bond acceptors (Lipinski definition) is 4. The predicted octanol–water partition coefficient (Wildman–Crippen LogP) is 1.49. The first-order chi connectivity index (χ1) is 8.56. The number of sulfonamides is 1. The van der Waals surface area contributed by atoms with Crippen LogP contribution in [0, 0.1) is 0 Å². The Labute approximate surface area is 106 Å². The quantitative estimate of drug-likeness (QED) is 0.888. The molecule has 6 heteroatoms. The van der Waals surface area contributed by atoms with Crippen LogP contribution >= 0.6 is 0 Å². The summed E-state index contributed by atoms with van der Waals surface area (Å²) in [6.07, 6.45) is 3.25. The van der Waals surface area contributed by atoms with E-state index in [-0.39, 0.29) is 11.7 Å². The van der Waals surface area contributed by atoms with Crippen molar-refractivity contribution in [3.63, 3.8) is 0 Å². The van der Waals surface area contributed by atoms with Gasteiger partial charge < -0.3 is 4.42 Å². The number of hydrogen-bond donors (Lipinski definition) is 1. The van der Waals surface area contributed by atoms with Gasteiger partial charge in [0.2, 0.25) is 10.0 Å². The van der Waals surface area contributed by atoms with E-state index in [9.17, 15) is 8.42 Å². The van der Waals surface area contributed by atoms with E-state index in [1.165, 1.54) is 12.7 Å². The van der Waals surface area contributed by atoms with Crippen LogP contribution in [0.15, 0.2) is 47.4 Å². The minimum Gasteiger partial charge on any atom is -0.451 e. The Hall–Kier alpha value is -1.66. The Morgan fingerprint density at radius 3 is 2.56 bits per heavy atom. The van der Waals surface area contributed by atoms with Crippen molar-refractivity contribution < 1.29 is 12.8 Å². The van der Waals surface area contributed by atoms with Crippen molar-refractivity contribution in [2.45, 2.75) is 12.3 Å². The highest BCUT2D eigenvalue weighted by molar-refractivity contribution is 7.89. The maximum absolute atomic E-state index is 11.1. The van der Waals surface area contributed by atoms with Gasteiger partial charge in [-0.2, -0.15) is 0 Å². The van der Waals surface area contributed by atoms with Crippen LogP contribution in [0.4, 0.5) is 0 Å². The molecule has 0 fully saturated rings. The second-order valence-electron chi connectivity index (χ2n) is 4.03. The number of primary sulfonamides is 1. The van der Waals surface area contributed by atoms with E-state index in [1.807, 2.05) is 30.3 Å². The molecule has 96 valence electrons. The molecule has 1 unspecified atom stereocenters. The van der Waals surface area contributed by atoms with Crippen LogP contribution in [-0.4, -0.2) is 19.2 Å². The van der Waals surface area contributed by atoms with Crippen molar-refractivity contribution in [2.75, 3.05) is 5.75 Å². The molecule has 0 aliphatic rings. The molecule has 2 N–H and O–H groups in total. The van der Waals surface area contributed by atoms with Gasteiger partial charge in [-0.05, 0) is 12.0 Å². The van der Waals surface area contributed by atoms with Gasteiger partial charge in [-0.15, -0.1) is 0 Å². The van der Waals surface area contributed by atoms with Crippen LogP contribution < -0.4 is 5.14 Å². The van der Waals surface area contributed by atoms with Crippen molar-refractivity contribution >= 4 is 10.0 Å². The van der Waals surface area contributed by atoms with Crippen molar-refractivity contribution in [3.05, 3.63) is 54.2 Å². The minimum absolute atomic E-state index is 0.0839. The van der Waals surface area contributed by atoms with E-state index < -0.39 is 10.0 Å². The van der Waals surface area contributed by atoms with Gasteiger partial charge in [0.1, 0.15) is 6.26 Å². The highest BCUT2D eigenvalue weighted by Crippen LogP contribution is 2.26. The largest absolute Gasteiger partial charge is 0.451 e. The van der Waals surface area contributed by atoms with E-state index >= 15 is 0 Å². The first-order valence-corrected chi connectivity index (χ1v) is 7.21. The zero-order valence-corrected chi connectivity index (χ0v) is 10.5. The summed E-state index contributed by atoms with van der Waals surface area (Å²) >= 11 is 0. The Balaban J connectivity index is 2.25. The zero-order chi connectivity index (χ0) is 13.0. The molecule has 0 spiro atoms. The fourth-order valence-corrected chi connectivity index (χ4v) is 2.41. The van der Waals surface area contributed by atoms with Gasteiger partial charge in [0.05, 0.1) is 11.4 Å². The third-order valence-electron chi connectivity index (χ3n) is 2.70. The predicted molar refractivity (Wildman–Crippen MR) is 67.4 cm³/mol. The van der Waals surface area contributed by atoms with Gasteiger partial charge in [0.25, 0.3) is 0 Å². The number of rotatable bonds is 5. The number of nitrogens with two attached hydrogens (primary N) is 1. The number of nitrogens with zero attached hydrogens (tertiary/aromatic N) is 1. The Morgan fingerprint density at radius 2 is 2.00 bits per heavy atom. The lowest BCUT2D eigenvalue weighted by Crippen LogP contribution is -2.19. The van der Waals surface area contributed by atoms with Gasteiger partial charge in [-0.1, -0.05) is 30.3 Å². The van der Waals surface area contributed by atoms with Crippen LogP contribution in [0.5, 0.6) is 0 Å². The summed E-state index contributed by atoms with van der Waals surface area (Å²) in [6.45, 7) is 0. The molecule has 2 aromatic rings. The SMILES string of the molecule is NS(=O)(=O)CCC(c1ccccc1)c1cocn1. The average molecular weight is 266 g/mol. The maximum atomic E-state index is 11.1. The Bertz CT molecular complexity index is 579.